The van der Waals surface area contributed by atoms with Crippen molar-refractivity contribution in [1.29, 1.82) is 0 Å². The Bertz CT molecular complexity index is 745. The lowest BCUT2D eigenvalue weighted by Crippen LogP contribution is -2.08. The molecule has 4 rings (SSSR count). The van der Waals surface area contributed by atoms with Crippen LogP contribution in [0.15, 0.2) is 24.3 Å². The smallest absolute Gasteiger partial charge is 0.225 e. The van der Waals surface area contributed by atoms with Gasteiger partial charge in [-0.15, -0.1) is 0 Å². The maximum absolute atomic E-state index is 4.71. The monoisotopic (exact) mass is 322 g/mol. The Morgan fingerprint density at radius 3 is 2.46 bits per heavy atom. The van der Waals surface area contributed by atoms with Crippen LogP contribution in [-0.4, -0.2) is 16.0 Å². The van der Waals surface area contributed by atoms with Crippen molar-refractivity contribution in [3.8, 4) is 0 Å². The third-order valence-corrected chi connectivity index (χ3v) is 4.82. The highest BCUT2D eigenvalue weighted by Gasteiger charge is 2.27. The van der Waals surface area contributed by atoms with Gasteiger partial charge in [0.05, 0.1) is 5.69 Å². The van der Waals surface area contributed by atoms with E-state index in [0.29, 0.717) is 17.9 Å². The molecule has 24 heavy (non-hydrogen) atoms. The Kier molecular flexibility index (Phi) is 3.91. The molecule has 2 aromatic rings. The van der Waals surface area contributed by atoms with Crippen molar-refractivity contribution in [3.05, 3.63) is 41.1 Å². The summed E-state index contributed by atoms with van der Waals surface area (Å²) in [6.45, 7) is 6.64. The van der Waals surface area contributed by atoms with Crippen LogP contribution in [0.5, 0.6) is 0 Å². The average Bonchev–Trinajstić information content (AvgIpc) is 3.41. The van der Waals surface area contributed by atoms with Gasteiger partial charge in [-0.2, -0.15) is 4.98 Å². The molecule has 4 heteroatoms. The molecule has 2 aliphatic rings. The van der Waals surface area contributed by atoms with E-state index in [1.165, 1.54) is 42.5 Å². The molecule has 0 saturated heterocycles. The molecule has 1 aromatic carbocycles. The summed E-state index contributed by atoms with van der Waals surface area (Å²) >= 11 is 0. The van der Waals surface area contributed by atoms with Gasteiger partial charge < -0.3 is 10.6 Å². The minimum absolute atomic E-state index is 0.550. The third kappa shape index (κ3) is 3.53. The van der Waals surface area contributed by atoms with Gasteiger partial charge in [0.15, 0.2) is 0 Å². The Morgan fingerprint density at radius 1 is 1.04 bits per heavy atom. The van der Waals surface area contributed by atoms with E-state index in [1.807, 2.05) is 0 Å². The third-order valence-electron chi connectivity index (χ3n) is 4.82. The van der Waals surface area contributed by atoms with Gasteiger partial charge in [0.1, 0.15) is 5.82 Å². The van der Waals surface area contributed by atoms with E-state index in [-0.39, 0.29) is 0 Å². The second kappa shape index (κ2) is 6.08. The zero-order valence-corrected chi connectivity index (χ0v) is 14.8. The Balaban J connectivity index is 1.58. The molecule has 0 aliphatic heterocycles. The fourth-order valence-electron chi connectivity index (χ4n) is 3.14. The van der Waals surface area contributed by atoms with Crippen LogP contribution in [0.1, 0.15) is 68.2 Å². The van der Waals surface area contributed by atoms with Gasteiger partial charge in [0, 0.05) is 23.7 Å². The van der Waals surface area contributed by atoms with Gasteiger partial charge >= 0.3 is 0 Å². The molecule has 0 atom stereocenters. The van der Waals surface area contributed by atoms with Gasteiger partial charge in [-0.05, 0) is 61.8 Å². The second-order valence-electron chi connectivity index (χ2n) is 7.55. The van der Waals surface area contributed by atoms with Crippen LogP contribution in [0.25, 0.3) is 0 Å². The lowest BCUT2D eigenvalue weighted by atomic mass is 9.98. The molecule has 0 bridgehead atoms. The first-order valence-electron chi connectivity index (χ1n) is 9.11. The summed E-state index contributed by atoms with van der Waals surface area (Å²) in [7, 11) is 0. The molecule has 2 fully saturated rings. The van der Waals surface area contributed by atoms with Crippen LogP contribution in [0.4, 0.5) is 17.5 Å². The van der Waals surface area contributed by atoms with Crippen molar-refractivity contribution in [2.24, 2.45) is 0 Å². The van der Waals surface area contributed by atoms with Crippen molar-refractivity contribution >= 4 is 17.5 Å². The van der Waals surface area contributed by atoms with E-state index in [9.17, 15) is 0 Å². The highest BCUT2D eigenvalue weighted by atomic mass is 15.2. The Hall–Kier alpha value is -2.10. The topological polar surface area (TPSA) is 49.8 Å². The Labute approximate surface area is 144 Å². The van der Waals surface area contributed by atoms with Crippen molar-refractivity contribution in [3.63, 3.8) is 0 Å². The molecule has 4 nitrogen and oxygen atoms in total. The predicted octanol–water partition coefficient (Wildman–Crippen LogP) is 5.10. The molecular formula is C20H26N4. The first-order chi connectivity index (χ1) is 11.6. The van der Waals surface area contributed by atoms with Crippen LogP contribution < -0.4 is 10.6 Å². The first-order valence-corrected chi connectivity index (χ1v) is 9.11. The quantitative estimate of drug-likeness (QED) is 0.776. The number of nitrogens with zero attached hydrogens (tertiary/aromatic N) is 2. The number of benzene rings is 1. The molecular weight excluding hydrogens is 296 g/mol. The lowest BCUT2D eigenvalue weighted by Gasteiger charge is -2.14. The van der Waals surface area contributed by atoms with Gasteiger partial charge in [-0.3, -0.25) is 0 Å². The van der Waals surface area contributed by atoms with Crippen molar-refractivity contribution in [1.82, 2.24) is 9.97 Å². The van der Waals surface area contributed by atoms with Crippen molar-refractivity contribution < 1.29 is 0 Å². The number of nitrogens with one attached hydrogen (secondary N) is 2. The van der Waals surface area contributed by atoms with Gasteiger partial charge in [0.25, 0.3) is 0 Å². The van der Waals surface area contributed by atoms with E-state index < -0.39 is 0 Å². The Morgan fingerprint density at radius 2 is 1.83 bits per heavy atom. The first kappa shape index (κ1) is 15.4. The number of rotatable bonds is 6. The zero-order chi connectivity index (χ0) is 16.7. The van der Waals surface area contributed by atoms with Crippen LogP contribution in [0, 0.1) is 6.92 Å². The minimum Gasteiger partial charge on any atom is -0.351 e. The number of hydrogen-bond acceptors (Lipinski definition) is 4. The van der Waals surface area contributed by atoms with Crippen LogP contribution >= 0.6 is 0 Å². The molecule has 126 valence electrons. The van der Waals surface area contributed by atoms with Gasteiger partial charge in [-0.1, -0.05) is 19.9 Å². The summed E-state index contributed by atoms with van der Waals surface area (Å²) in [6, 6.07) is 9.26. The molecule has 1 aromatic heterocycles. The van der Waals surface area contributed by atoms with E-state index >= 15 is 0 Å². The maximum atomic E-state index is 4.71. The fraction of sp³-hybridized carbons (Fsp3) is 0.500. The average molecular weight is 322 g/mol. The van der Waals surface area contributed by atoms with Gasteiger partial charge in [-0.25, -0.2) is 4.98 Å². The zero-order valence-electron chi connectivity index (χ0n) is 14.8. The molecule has 0 spiro atoms. The predicted molar refractivity (Wildman–Crippen MR) is 99.2 cm³/mol. The molecule has 0 radical (unpaired) electrons. The molecule has 0 unspecified atom stereocenters. The summed E-state index contributed by atoms with van der Waals surface area (Å²) in [6.07, 6.45) is 4.97. The fourth-order valence-corrected chi connectivity index (χ4v) is 3.14. The molecule has 2 N–H and O–H groups in total. The van der Waals surface area contributed by atoms with E-state index in [0.717, 1.165) is 17.5 Å². The maximum Gasteiger partial charge on any atom is 0.225 e. The van der Waals surface area contributed by atoms with E-state index in [1.54, 1.807) is 0 Å². The largest absolute Gasteiger partial charge is 0.351 e. The highest BCUT2D eigenvalue weighted by molar-refractivity contribution is 5.60. The van der Waals surface area contributed by atoms with Crippen LogP contribution in [0.3, 0.4) is 0 Å². The number of aromatic nitrogens is 2. The van der Waals surface area contributed by atoms with Crippen LogP contribution in [-0.2, 0) is 0 Å². The standard InChI is InChI=1S/C20H26N4/c1-12(2)17-9-8-16(10-13(17)3)21-19-11-18(14-4-5-14)23-20(24-19)22-15-6-7-15/h8-12,14-15H,4-7H2,1-3H3,(H2,21,22,23,24). The van der Waals surface area contributed by atoms with E-state index in [2.05, 4.69) is 60.7 Å². The van der Waals surface area contributed by atoms with Crippen molar-refractivity contribution in [2.75, 3.05) is 10.6 Å². The lowest BCUT2D eigenvalue weighted by molar-refractivity contribution is 0.857. The number of hydrogen-bond donors (Lipinski definition) is 2. The molecule has 1 heterocycles. The number of anilines is 3. The number of aryl methyl sites for hydroxylation is 1. The summed E-state index contributed by atoms with van der Waals surface area (Å²) in [5.74, 6) is 2.85. The van der Waals surface area contributed by atoms with Crippen molar-refractivity contribution in [2.45, 2.75) is 64.3 Å². The second-order valence-corrected chi connectivity index (χ2v) is 7.55. The van der Waals surface area contributed by atoms with Crippen LogP contribution in [0.2, 0.25) is 0 Å². The highest BCUT2D eigenvalue weighted by Crippen LogP contribution is 2.40. The molecule has 0 amide bonds. The summed E-state index contributed by atoms with van der Waals surface area (Å²) in [4.78, 5) is 9.38. The minimum atomic E-state index is 0.550. The summed E-state index contributed by atoms with van der Waals surface area (Å²) in [5.41, 5.74) is 4.99. The molecule has 2 saturated carbocycles. The SMILES string of the molecule is Cc1cc(Nc2cc(C3CC3)nc(NC3CC3)n2)ccc1C(C)C. The normalized spacial score (nSPS) is 17.2. The molecule has 2 aliphatic carbocycles. The van der Waals surface area contributed by atoms with E-state index in [4.69, 9.17) is 4.98 Å². The summed E-state index contributed by atoms with van der Waals surface area (Å²) in [5, 5.41) is 6.92. The summed E-state index contributed by atoms with van der Waals surface area (Å²) < 4.78 is 0. The van der Waals surface area contributed by atoms with Gasteiger partial charge in [0.2, 0.25) is 5.95 Å².